The third-order valence-corrected chi connectivity index (χ3v) is 2.16. The van der Waals surface area contributed by atoms with Gasteiger partial charge in [-0.15, -0.1) is 0 Å². The molecule has 1 atom stereocenters. The van der Waals surface area contributed by atoms with Crippen molar-refractivity contribution in [3.63, 3.8) is 0 Å². The molecule has 1 unspecified atom stereocenters. The molecule has 0 fully saturated rings. The lowest BCUT2D eigenvalue weighted by atomic mass is 10.1. The Kier molecular flexibility index (Phi) is 5.10. The van der Waals surface area contributed by atoms with Crippen LogP contribution in [-0.2, 0) is 6.42 Å². The van der Waals surface area contributed by atoms with Crippen LogP contribution in [0.5, 0.6) is 0 Å². The van der Waals surface area contributed by atoms with Crippen LogP contribution >= 0.6 is 0 Å². The number of hydrogen-bond acceptors (Lipinski definition) is 4. The van der Waals surface area contributed by atoms with Crippen LogP contribution in [0, 0.1) is 0 Å². The molecule has 0 aliphatic carbocycles. The molecule has 5 N–H and O–H groups in total. The third kappa shape index (κ3) is 4.29. The van der Waals surface area contributed by atoms with Gasteiger partial charge in [0.05, 0.1) is 6.61 Å². The minimum Gasteiger partial charge on any atom is -0.396 e. The number of nitrogens with one attached hydrogen (secondary N) is 1. The lowest BCUT2D eigenvalue weighted by Crippen LogP contribution is -2.32. The molecular formula is C11H18N2O2. The van der Waals surface area contributed by atoms with Crippen LogP contribution in [0.1, 0.15) is 5.56 Å². The van der Waals surface area contributed by atoms with Crippen molar-refractivity contribution in [2.24, 2.45) is 5.73 Å². The van der Waals surface area contributed by atoms with Gasteiger partial charge in [-0.05, 0) is 24.1 Å². The molecule has 0 aliphatic rings. The van der Waals surface area contributed by atoms with Gasteiger partial charge in [-0.2, -0.15) is 0 Å². The van der Waals surface area contributed by atoms with E-state index in [2.05, 4.69) is 5.32 Å². The van der Waals surface area contributed by atoms with Crippen molar-refractivity contribution in [2.75, 3.05) is 25.1 Å². The summed E-state index contributed by atoms with van der Waals surface area (Å²) in [6.45, 7) is 0.702. The quantitative estimate of drug-likeness (QED) is 0.531. The molecule has 0 saturated carbocycles. The molecule has 84 valence electrons. The van der Waals surface area contributed by atoms with E-state index < -0.39 is 0 Å². The van der Waals surface area contributed by atoms with Crippen molar-refractivity contribution in [3.8, 4) is 0 Å². The number of benzene rings is 1. The van der Waals surface area contributed by atoms with Gasteiger partial charge < -0.3 is 21.3 Å². The van der Waals surface area contributed by atoms with E-state index in [1.165, 1.54) is 0 Å². The molecule has 0 spiro atoms. The topological polar surface area (TPSA) is 78.5 Å². The van der Waals surface area contributed by atoms with E-state index in [1.54, 1.807) is 0 Å². The van der Waals surface area contributed by atoms with Gasteiger partial charge in [0.2, 0.25) is 0 Å². The fourth-order valence-electron chi connectivity index (χ4n) is 1.23. The largest absolute Gasteiger partial charge is 0.396 e. The number of rotatable bonds is 6. The zero-order chi connectivity index (χ0) is 11.1. The Bertz CT molecular complexity index is 274. The summed E-state index contributed by atoms with van der Waals surface area (Å²) in [5.74, 6) is 0. The molecule has 0 aromatic heterocycles. The second kappa shape index (κ2) is 6.40. The van der Waals surface area contributed by atoms with Gasteiger partial charge in [-0.25, -0.2) is 0 Å². The van der Waals surface area contributed by atoms with E-state index in [4.69, 9.17) is 15.9 Å². The molecule has 0 aliphatic heterocycles. The van der Waals surface area contributed by atoms with Crippen molar-refractivity contribution < 1.29 is 10.2 Å². The summed E-state index contributed by atoms with van der Waals surface area (Å²) in [5, 5.41) is 20.6. The lowest BCUT2D eigenvalue weighted by Gasteiger charge is -2.11. The summed E-state index contributed by atoms with van der Waals surface area (Å²) < 4.78 is 0. The first-order valence-electron chi connectivity index (χ1n) is 5.06. The molecule has 0 bridgehead atoms. The number of hydrogen-bond donors (Lipinski definition) is 4. The average Bonchev–Trinajstić information content (AvgIpc) is 2.28. The highest BCUT2D eigenvalue weighted by molar-refractivity contribution is 5.44. The highest BCUT2D eigenvalue weighted by atomic mass is 16.3. The second-order valence-corrected chi connectivity index (χ2v) is 3.49. The molecule has 0 amide bonds. The predicted octanol–water partition coefficient (Wildman–Crippen LogP) is -0.0471. The van der Waals surface area contributed by atoms with E-state index in [0.29, 0.717) is 13.0 Å². The smallest absolute Gasteiger partial charge is 0.0599 e. The maximum Gasteiger partial charge on any atom is 0.0599 e. The molecule has 0 saturated heterocycles. The predicted molar refractivity (Wildman–Crippen MR) is 60.8 cm³/mol. The first-order chi connectivity index (χ1) is 7.26. The van der Waals surface area contributed by atoms with Crippen LogP contribution < -0.4 is 11.1 Å². The Hall–Kier alpha value is -1.10. The Morgan fingerprint density at radius 3 is 2.40 bits per heavy atom. The maximum absolute atomic E-state index is 8.74. The van der Waals surface area contributed by atoms with Gasteiger partial charge in [0.25, 0.3) is 0 Å². The number of nitrogens with two attached hydrogens (primary N) is 1. The van der Waals surface area contributed by atoms with Crippen molar-refractivity contribution in [3.05, 3.63) is 29.8 Å². The first kappa shape index (κ1) is 12.0. The summed E-state index contributed by atoms with van der Waals surface area (Å²) in [5.41, 5.74) is 7.63. The van der Waals surface area contributed by atoms with E-state index in [-0.39, 0.29) is 19.3 Å². The monoisotopic (exact) mass is 210 g/mol. The van der Waals surface area contributed by atoms with Crippen molar-refractivity contribution in [1.29, 1.82) is 0 Å². The van der Waals surface area contributed by atoms with Gasteiger partial charge >= 0.3 is 0 Å². The van der Waals surface area contributed by atoms with Crippen molar-refractivity contribution in [1.82, 2.24) is 0 Å². The fraction of sp³-hybridized carbons (Fsp3) is 0.455. The van der Waals surface area contributed by atoms with Gasteiger partial charge in [-0.3, -0.25) is 0 Å². The molecular weight excluding hydrogens is 192 g/mol. The Balaban J connectivity index is 2.42. The molecule has 1 aromatic carbocycles. The normalized spacial score (nSPS) is 12.5. The van der Waals surface area contributed by atoms with E-state index in [1.807, 2.05) is 24.3 Å². The zero-order valence-corrected chi connectivity index (χ0v) is 8.69. The number of anilines is 1. The minimum atomic E-state index is -0.234. The molecule has 0 radical (unpaired) electrons. The Morgan fingerprint density at radius 1 is 1.20 bits per heavy atom. The Labute approximate surface area is 89.7 Å². The fourth-order valence-corrected chi connectivity index (χ4v) is 1.23. The van der Waals surface area contributed by atoms with Crippen LogP contribution in [0.4, 0.5) is 5.69 Å². The average molecular weight is 210 g/mol. The van der Waals surface area contributed by atoms with Crippen molar-refractivity contribution in [2.45, 2.75) is 12.5 Å². The van der Waals surface area contributed by atoms with Gasteiger partial charge in [0.15, 0.2) is 0 Å². The molecule has 1 rings (SSSR count). The van der Waals surface area contributed by atoms with E-state index in [0.717, 1.165) is 11.3 Å². The van der Waals surface area contributed by atoms with Gasteiger partial charge in [0.1, 0.15) is 0 Å². The van der Waals surface area contributed by atoms with Crippen molar-refractivity contribution >= 4 is 5.69 Å². The van der Waals surface area contributed by atoms with Crippen LogP contribution in [0.15, 0.2) is 24.3 Å². The molecule has 0 heterocycles. The van der Waals surface area contributed by atoms with Crippen LogP contribution in [0.2, 0.25) is 0 Å². The summed E-state index contributed by atoms with van der Waals surface area (Å²) in [7, 11) is 0. The molecule has 4 heteroatoms. The highest BCUT2D eigenvalue weighted by Crippen LogP contribution is 2.09. The lowest BCUT2D eigenvalue weighted by molar-refractivity contribution is 0.270. The highest BCUT2D eigenvalue weighted by Gasteiger charge is 1.99. The summed E-state index contributed by atoms with van der Waals surface area (Å²) in [4.78, 5) is 0. The Morgan fingerprint density at radius 2 is 1.87 bits per heavy atom. The van der Waals surface area contributed by atoms with E-state index >= 15 is 0 Å². The maximum atomic E-state index is 8.74. The molecule has 15 heavy (non-hydrogen) atoms. The SMILES string of the molecule is NC(CO)CNc1ccc(CCO)cc1. The van der Waals surface area contributed by atoms with Gasteiger partial charge in [0, 0.05) is 24.9 Å². The third-order valence-electron chi connectivity index (χ3n) is 2.16. The zero-order valence-electron chi connectivity index (χ0n) is 8.69. The van der Waals surface area contributed by atoms with Gasteiger partial charge in [-0.1, -0.05) is 12.1 Å². The summed E-state index contributed by atoms with van der Waals surface area (Å²) >= 11 is 0. The van der Waals surface area contributed by atoms with E-state index in [9.17, 15) is 0 Å². The summed E-state index contributed by atoms with van der Waals surface area (Å²) in [6.07, 6.45) is 0.677. The molecule has 1 aromatic rings. The van der Waals surface area contributed by atoms with Crippen LogP contribution in [0.25, 0.3) is 0 Å². The number of aliphatic hydroxyl groups excluding tert-OH is 2. The summed E-state index contributed by atoms with van der Waals surface area (Å²) in [6, 6.07) is 7.57. The van der Waals surface area contributed by atoms with Crippen LogP contribution in [0.3, 0.4) is 0 Å². The molecule has 4 nitrogen and oxygen atoms in total. The first-order valence-corrected chi connectivity index (χ1v) is 5.06. The number of aliphatic hydroxyl groups is 2. The minimum absolute atomic E-state index is 0.0183. The second-order valence-electron chi connectivity index (χ2n) is 3.49. The standard InChI is InChI=1S/C11H18N2O2/c12-10(8-15)7-13-11-3-1-9(2-4-11)5-6-14/h1-4,10,13-15H,5-8,12H2. The van der Waals surface area contributed by atoms with Crippen LogP contribution in [-0.4, -0.2) is 36.0 Å².